The van der Waals surface area contributed by atoms with Gasteiger partial charge in [-0.25, -0.2) is 0 Å². The molecular formula is C8H18N2. The van der Waals surface area contributed by atoms with Crippen LogP contribution in [0.4, 0.5) is 0 Å². The largest absolute Gasteiger partial charge is 0.308 e. The van der Waals surface area contributed by atoms with Crippen LogP contribution in [0.5, 0.6) is 0 Å². The van der Waals surface area contributed by atoms with Crippen molar-refractivity contribution >= 4 is 0 Å². The van der Waals surface area contributed by atoms with Crippen LogP contribution in [-0.2, 0) is 0 Å². The van der Waals surface area contributed by atoms with Gasteiger partial charge in [-0.3, -0.25) is 0 Å². The normalized spacial score (nSPS) is 22.2. The quantitative estimate of drug-likeness (QED) is 0.451. The second kappa shape index (κ2) is 3.35. The zero-order chi connectivity index (χ0) is 7.45. The summed E-state index contributed by atoms with van der Waals surface area (Å²) in [7, 11) is 1.97. The van der Waals surface area contributed by atoms with E-state index in [9.17, 15) is 0 Å². The molecule has 2 N–H and O–H groups in total. The lowest BCUT2D eigenvalue weighted by Gasteiger charge is -2.38. The molecule has 2 heteroatoms. The molecule has 2 nitrogen and oxygen atoms in total. The summed E-state index contributed by atoms with van der Waals surface area (Å²) in [5, 5.41) is 6.44. The molecule has 1 fully saturated rings. The van der Waals surface area contributed by atoms with Gasteiger partial charge in [0.2, 0.25) is 0 Å². The first-order valence-corrected chi connectivity index (χ1v) is 4.12. The summed E-state index contributed by atoms with van der Waals surface area (Å²) >= 11 is 0. The Kier molecular flexibility index (Phi) is 2.69. The smallest absolute Gasteiger partial charge is 0.0451 e. The average Bonchev–Trinajstić information content (AvgIpc) is 1.85. The second-order valence-corrected chi connectivity index (χ2v) is 3.62. The molecule has 0 heterocycles. The minimum Gasteiger partial charge on any atom is -0.308 e. The summed E-state index contributed by atoms with van der Waals surface area (Å²) in [6, 6.07) is 0. The lowest BCUT2D eigenvalue weighted by molar-refractivity contribution is 0.156. The van der Waals surface area contributed by atoms with Crippen LogP contribution in [0, 0.1) is 5.41 Å². The molecule has 0 bridgehead atoms. The molecule has 0 unspecified atom stereocenters. The van der Waals surface area contributed by atoms with Crippen LogP contribution in [0.1, 0.15) is 26.2 Å². The molecule has 0 radical (unpaired) electrons. The third-order valence-corrected chi connectivity index (χ3v) is 2.41. The van der Waals surface area contributed by atoms with Gasteiger partial charge in [-0.15, -0.1) is 0 Å². The fraction of sp³-hybridized carbons (Fsp3) is 1.00. The number of rotatable bonds is 4. The molecule has 0 aromatic heterocycles. The molecule has 1 aliphatic rings. The number of hydrogen-bond acceptors (Lipinski definition) is 2. The van der Waals surface area contributed by atoms with E-state index < -0.39 is 0 Å². The molecule has 0 spiro atoms. The van der Waals surface area contributed by atoms with Gasteiger partial charge in [0, 0.05) is 13.2 Å². The van der Waals surface area contributed by atoms with E-state index in [0.29, 0.717) is 5.41 Å². The van der Waals surface area contributed by atoms with Gasteiger partial charge in [-0.05, 0) is 25.3 Å². The highest BCUT2D eigenvalue weighted by Gasteiger charge is 2.30. The molecule has 60 valence electrons. The summed E-state index contributed by atoms with van der Waals surface area (Å²) in [5.41, 5.74) is 0.622. The third kappa shape index (κ3) is 1.96. The van der Waals surface area contributed by atoms with Crippen molar-refractivity contribution in [2.24, 2.45) is 5.41 Å². The Bertz CT molecular complexity index is 97.4. The van der Waals surface area contributed by atoms with Crippen molar-refractivity contribution in [2.45, 2.75) is 26.2 Å². The van der Waals surface area contributed by atoms with Crippen molar-refractivity contribution in [3.8, 4) is 0 Å². The second-order valence-electron chi connectivity index (χ2n) is 3.62. The lowest BCUT2D eigenvalue weighted by Crippen LogP contribution is -2.40. The van der Waals surface area contributed by atoms with E-state index in [-0.39, 0.29) is 0 Å². The van der Waals surface area contributed by atoms with Crippen LogP contribution >= 0.6 is 0 Å². The molecule has 10 heavy (non-hydrogen) atoms. The van der Waals surface area contributed by atoms with Crippen molar-refractivity contribution in [1.82, 2.24) is 10.6 Å². The van der Waals surface area contributed by atoms with Gasteiger partial charge in [0.05, 0.1) is 0 Å². The molecule has 1 saturated carbocycles. The van der Waals surface area contributed by atoms with E-state index in [2.05, 4.69) is 17.6 Å². The highest BCUT2D eigenvalue weighted by atomic mass is 15.0. The van der Waals surface area contributed by atoms with Gasteiger partial charge in [0.25, 0.3) is 0 Å². The van der Waals surface area contributed by atoms with E-state index in [1.165, 1.54) is 25.8 Å². The molecule has 0 amide bonds. The first kappa shape index (κ1) is 8.02. The highest BCUT2D eigenvalue weighted by molar-refractivity contribution is 4.84. The van der Waals surface area contributed by atoms with Gasteiger partial charge in [-0.2, -0.15) is 0 Å². The predicted octanol–water partition coefficient (Wildman–Crippen LogP) is 0.943. The lowest BCUT2D eigenvalue weighted by atomic mass is 9.70. The Morgan fingerprint density at radius 1 is 1.40 bits per heavy atom. The molecule has 0 aromatic carbocycles. The molecular weight excluding hydrogens is 124 g/mol. The first-order valence-electron chi connectivity index (χ1n) is 4.12. The Morgan fingerprint density at radius 2 is 2.10 bits per heavy atom. The monoisotopic (exact) mass is 142 g/mol. The molecule has 0 aromatic rings. The summed E-state index contributed by atoms with van der Waals surface area (Å²) < 4.78 is 0. The van der Waals surface area contributed by atoms with Crippen molar-refractivity contribution < 1.29 is 0 Å². The first-order chi connectivity index (χ1) is 4.77. The van der Waals surface area contributed by atoms with Crippen molar-refractivity contribution in [3.05, 3.63) is 0 Å². The molecule has 0 saturated heterocycles. The van der Waals surface area contributed by atoms with E-state index in [1.54, 1.807) is 0 Å². The summed E-state index contributed by atoms with van der Waals surface area (Å²) in [5.74, 6) is 0. The van der Waals surface area contributed by atoms with Crippen LogP contribution in [0.25, 0.3) is 0 Å². The number of nitrogens with one attached hydrogen (secondary N) is 2. The zero-order valence-corrected chi connectivity index (χ0v) is 7.04. The van der Waals surface area contributed by atoms with Gasteiger partial charge < -0.3 is 10.6 Å². The van der Waals surface area contributed by atoms with Gasteiger partial charge >= 0.3 is 0 Å². The van der Waals surface area contributed by atoms with E-state index in [4.69, 9.17) is 0 Å². The van der Waals surface area contributed by atoms with Crippen LogP contribution in [0.15, 0.2) is 0 Å². The van der Waals surface area contributed by atoms with Crippen LogP contribution in [0.3, 0.4) is 0 Å². The number of hydrogen-bond donors (Lipinski definition) is 2. The Labute approximate surface area is 63.4 Å². The standard InChI is InChI=1S/C8H18N2/c1-8(4-3-5-8)6-10-7-9-2/h9-10H,3-7H2,1-2H3. The van der Waals surface area contributed by atoms with Crippen LogP contribution in [0.2, 0.25) is 0 Å². The highest BCUT2D eigenvalue weighted by Crippen LogP contribution is 2.39. The summed E-state index contributed by atoms with van der Waals surface area (Å²) in [6.07, 6.45) is 4.24. The fourth-order valence-electron chi connectivity index (χ4n) is 1.45. The van der Waals surface area contributed by atoms with E-state index in [0.717, 1.165) is 6.67 Å². The predicted molar refractivity (Wildman–Crippen MR) is 43.9 cm³/mol. The maximum absolute atomic E-state index is 3.37. The fourth-order valence-corrected chi connectivity index (χ4v) is 1.45. The minimum atomic E-state index is 0.622. The maximum Gasteiger partial charge on any atom is 0.0451 e. The van der Waals surface area contributed by atoms with Crippen LogP contribution < -0.4 is 10.6 Å². The van der Waals surface area contributed by atoms with Gasteiger partial charge in [0.1, 0.15) is 0 Å². The third-order valence-electron chi connectivity index (χ3n) is 2.41. The van der Waals surface area contributed by atoms with Crippen molar-refractivity contribution in [1.29, 1.82) is 0 Å². The Balaban J connectivity index is 2.01. The molecule has 0 aliphatic heterocycles. The summed E-state index contributed by atoms with van der Waals surface area (Å²) in [6.45, 7) is 4.47. The van der Waals surface area contributed by atoms with Gasteiger partial charge in [0.15, 0.2) is 0 Å². The SMILES string of the molecule is CNCNCC1(C)CCC1. The van der Waals surface area contributed by atoms with Crippen molar-refractivity contribution in [2.75, 3.05) is 20.3 Å². The minimum absolute atomic E-state index is 0.622. The topological polar surface area (TPSA) is 24.1 Å². The van der Waals surface area contributed by atoms with Crippen LogP contribution in [-0.4, -0.2) is 20.3 Å². The van der Waals surface area contributed by atoms with Gasteiger partial charge in [-0.1, -0.05) is 13.3 Å². The maximum atomic E-state index is 3.37. The zero-order valence-electron chi connectivity index (χ0n) is 7.04. The summed E-state index contributed by atoms with van der Waals surface area (Å²) in [4.78, 5) is 0. The Morgan fingerprint density at radius 3 is 2.50 bits per heavy atom. The molecule has 0 atom stereocenters. The van der Waals surface area contributed by atoms with E-state index >= 15 is 0 Å². The average molecular weight is 142 g/mol. The molecule has 1 aliphatic carbocycles. The molecule has 1 rings (SSSR count). The van der Waals surface area contributed by atoms with E-state index in [1.807, 2.05) is 7.05 Å². The van der Waals surface area contributed by atoms with Crippen molar-refractivity contribution in [3.63, 3.8) is 0 Å². The Hall–Kier alpha value is -0.0800.